The number of quaternary nitrogens is 1. The maximum atomic E-state index is 5.49. The smallest absolute Gasteiger partial charge is 0.377 e. The fourth-order valence-corrected chi connectivity index (χ4v) is 4.77. The number of rotatable bonds is 16. The molecular weight excluding hydrogens is 306 g/mol. The van der Waals surface area contributed by atoms with Crippen LogP contribution in [-0.2, 0) is 13.3 Å². The van der Waals surface area contributed by atoms with Crippen molar-refractivity contribution < 1.29 is 17.8 Å². The average Bonchev–Trinajstić information content (AvgIpc) is 2.54. The van der Waals surface area contributed by atoms with Crippen LogP contribution in [0.1, 0.15) is 64.7 Å². The molecule has 0 spiro atoms. The van der Waals surface area contributed by atoms with E-state index in [0.29, 0.717) is 0 Å². The Bertz CT molecular complexity index is 263. The van der Waals surface area contributed by atoms with Crippen LogP contribution in [0.4, 0.5) is 0 Å². The summed E-state index contributed by atoms with van der Waals surface area (Å²) in [6.45, 7) is 4.69. The molecule has 0 aliphatic heterocycles. The lowest BCUT2D eigenvalue weighted by molar-refractivity contribution is -0.890. The summed E-state index contributed by atoms with van der Waals surface area (Å²) >= 11 is 0. The van der Waals surface area contributed by atoms with Gasteiger partial charge in [-0.15, -0.1) is 0 Å². The number of hydrogen-bond donors (Lipinski definition) is 0. The number of unbranched alkanes of at least 4 members (excludes halogenated alkanes) is 7. The zero-order chi connectivity index (χ0) is 17.6. The largest absolute Gasteiger partial charge is 0.500 e. The standard InChI is InChI=1S/C18H42NO3Si/c1-7-8-9-10-11-12-13-14-16-19(2,3)17-15-18-23(20-4,21-5)22-6/h7-18H2,1-6H3/q+1. The van der Waals surface area contributed by atoms with Gasteiger partial charge in [-0.05, 0) is 12.8 Å². The molecule has 0 unspecified atom stereocenters. The van der Waals surface area contributed by atoms with E-state index in [1.165, 1.54) is 57.9 Å². The molecule has 0 heterocycles. The maximum Gasteiger partial charge on any atom is 0.500 e. The summed E-state index contributed by atoms with van der Waals surface area (Å²) in [6, 6.07) is 0.898. The van der Waals surface area contributed by atoms with Crippen molar-refractivity contribution in [1.29, 1.82) is 0 Å². The van der Waals surface area contributed by atoms with Gasteiger partial charge in [0.05, 0.1) is 27.2 Å². The molecule has 0 aromatic heterocycles. The Labute approximate surface area is 146 Å². The Morgan fingerprint density at radius 1 is 0.652 bits per heavy atom. The molecule has 0 N–H and O–H groups in total. The van der Waals surface area contributed by atoms with Crippen LogP contribution in [0, 0.1) is 0 Å². The Morgan fingerprint density at radius 2 is 1.09 bits per heavy atom. The van der Waals surface area contributed by atoms with Crippen molar-refractivity contribution in [3.05, 3.63) is 0 Å². The van der Waals surface area contributed by atoms with E-state index in [2.05, 4.69) is 21.0 Å². The molecule has 0 amide bonds. The molecule has 23 heavy (non-hydrogen) atoms. The van der Waals surface area contributed by atoms with Crippen molar-refractivity contribution in [3.63, 3.8) is 0 Å². The predicted octanol–water partition coefficient (Wildman–Crippen LogP) is 4.47. The molecule has 0 radical (unpaired) electrons. The molecule has 0 fully saturated rings. The molecule has 0 aliphatic rings. The van der Waals surface area contributed by atoms with E-state index < -0.39 is 8.80 Å². The summed E-state index contributed by atoms with van der Waals surface area (Å²) in [5, 5.41) is 0. The molecule has 4 nitrogen and oxygen atoms in total. The van der Waals surface area contributed by atoms with E-state index in [1.807, 2.05) is 0 Å². The van der Waals surface area contributed by atoms with Gasteiger partial charge in [0.1, 0.15) is 0 Å². The van der Waals surface area contributed by atoms with Crippen LogP contribution in [0.3, 0.4) is 0 Å². The Morgan fingerprint density at radius 3 is 1.57 bits per heavy atom. The molecular formula is C18H42NO3Si+. The van der Waals surface area contributed by atoms with Crippen LogP contribution in [-0.4, -0.2) is 61.8 Å². The fourth-order valence-electron chi connectivity index (χ4n) is 3.07. The van der Waals surface area contributed by atoms with E-state index in [1.54, 1.807) is 21.3 Å². The Kier molecular flexibility index (Phi) is 13.4. The second kappa shape index (κ2) is 13.4. The van der Waals surface area contributed by atoms with Crippen LogP contribution < -0.4 is 0 Å². The zero-order valence-electron chi connectivity index (χ0n) is 16.7. The van der Waals surface area contributed by atoms with Crippen LogP contribution in [0.25, 0.3) is 0 Å². The quantitative estimate of drug-likeness (QED) is 0.234. The van der Waals surface area contributed by atoms with Gasteiger partial charge in [-0.25, -0.2) is 0 Å². The summed E-state index contributed by atoms with van der Waals surface area (Å²) in [5.74, 6) is 0. The average molecular weight is 349 g/mol. The highest BCUT2D eigenvalue weighted by Gasteiger charge is 2.37. The normalized spacial score (nSPS) is 12.8. The summed E-state index contributed by atoms with van der Waals surface area (Å²) in [6.07, 6.45) is 12.2. The lowest BCUT2D eigenvalue weighted by atomic mass is 10.1. The van der Waals surface area contributed by atoms with E-state index in [9.17, 15) is 0 Å². The lowest BCUT2D eigenvalue weighted by Crippen LogP contribution is -2.45. The molecule has 0 saturated carbocycles. The van der Waals surface area contributed by atoms with E-state index in [0.717, 1.165) is 23.5 Å². The van der Waals surface area contributed by atoms with Crippen molar-refractivity contribution in [1.82, 2.24) is 0 Å². The topological polar surface area (TPSA) is 27.7 Å². The van der Waals surface area contributed by atoms with Gasteiger partial charge in [0.25, 0.3) is 0 Å². The minimum absolute atomic E-state index is 0.898. The Balaban J connectivity index is 3.76. The van der Waals surface area contributed by atoms with Crippen LogP contribution in [0.5, 0.6) is 0 Å². The first kappa shape index (κ1) is 23.1. The highest BCUT2D eigenvalue weighted by Crippen LogP contribution is 2.17. The highest BCUT2D eigenvalue weighted by molar-refractivity contribution is 6.60. The van der Waals surface area contributed by atoms with Gasteiger partial charge in [0.2, 0.25) is 0 Å². The van der Waals surface area contributed by atoms with Crippen molar-refractivity contribution >= 4 is 8.80 Å². The highest BCUT2D eigenvalue weighted by atomic mass is 28.4. The van der Waals surface area contributed by atoms with Crippen LogP contribution >= 0.6 is 0 Å². The molecule has 0 saturated heterocycles. The van der Waals surface area contributed by atoms with Crippen molar-refractivity contribution in [2.24, 2.45) is 0 Å². The van der Waals surface area contributed by atoms with Gasteiger partial charge in [0, 0.05) is 33.8 Å². The first-order valence-corrected chi connectivity index (χ1v) is 11.4. The van der Waals surface area contributed by atoms with E-state index >= 15 is 0 Å². The summed E-state index contributed by atoms with van der Waals surface area (Å²) in [5.41, 5.74) is 0. The summed E-state index contributed by atoms with van der Waals surface area (Å²) in [4.78, 5) is 0. The third kappa shape index (κ3) is 11.3. The summed E-state index contributed by atoms with van der Waals surface area (Å²) < 4.78 is 17.6. The number of hydrogen-bond acceptors (Lipinski definition) is 3. The monoisotopic (exact) mass is 348 g/mol. The fraction of sp³-hybridized carbons (Fsp3) is 1.00. The van der Waals surface area contributed by atoms with Gasteiger partial charge < -0.3 is 17.8 Å². The van der Waals surface area contributed by atoms with Crippen molar-refractivity contribution in [2.75, 3.05) is 48.5 Å². The second-order valence-corrected chi connectivity index (χ2v) is 10.3. The minimum atomic E-state index is -2.39. The van der Waals surface area contributed by atoms with E-state index in [4.69, 9.17) is 13.3 Å². The number of nitrogens with zero attached hydrogens (tertiary/aromatic N) is 1. The van der Waals surface area contributed by atoms with Crippen LogP contribution in [0.15, 0.2) is 0 Å². The van der Waals surface area contributed by atoms with Gasteiger partial charge >= 0.3 is 8.80 Å². The first-order chi connectivity index (χ1) is 10.9. The van der Waals surface area contributed by atoms with Gasteiger partial charge in [-0.1, -0.05) is 45.4 Å². The minimum Gasteiger partial charge on any atom is -0.377 e. The molecule has 0 atom stereocenters. The Hall–Kier alpha value is 0.0569. The third-order valence-corrected chi connectivity index (χ3v) is 7.63. The molecule has 140 valence electrons. The van der Waals surface area contributed by atoms with E-state index in [-0.39, 0.29) is 0 Å². The molecule has 0 bridgehead atoms. The van der Waals surface area contributed by atoms with Gasteiger partial charge in [0.15, 0.2) is 0 Å². The molecule has 0 aliphatic carbocycles. The summed E-state index contributed by atoms with van der Waals surface area (Å²) in [7, 11) is 7.36. The predicted molar refractivity (Wildman–Crippen MR) is 101 cm³/mol. The third-order valence-electron chi connectivity index (χ3n) is 4.80. The maximum absolute atomic E-state index is 5.49. The zero-order valence-corrected chi connectivity index (χ0v) is 17.7. The molecule has 5 heteroatoms. The van der Waals surface area contributed by atoms with Crippen molar-refractivity contribution in [2.45, 2.75) is 70.8 Å². The van der Waals surface area contributed by atoms with Crippen molar-refractivity contribution in [3.8, 4) is 0 Å². The molecule has 0 aromatic carbocycles. The van der Waals surface area contributed by atoms with Gasteiger partial charge in [-0.2, -0.15) is 0 Å². The SMILES string of the molecule is CCCCCCCCCC[N+](C)(C)CCC[Si](OC)(OC)OC. The van der Waals surface area contributed by atoms with Crippen LogP contribution in [0.2, 0.25) is 6.04 Å². The first-order valence-electron chi connectivity index (χ1n) is 9.42. The molecule has 0 aromatic rings. The van der Waals surface area contributed by atoms with Gasteiger partial charge in [-0.3, -0.25) is 0 Å². The second-order valence-electron chi connectivity index (χ2n) is 7.26. The molecule has 0 rings (SSSR count). The lowest BCUT2D eigenvalue weighted by Gasteiger charge is -2.31.